The van der Waals surface area contributed by atoms with Crippen LogP contribution in [0.2, 0.25) is 0 Å². The number of hydrogen-bond acceptors (Lipinski definition) is 2. The molecule has 0 amide bonds. The predicted octanol–water partition coefficient (Wildman–Crippen LogP) is 1.44. The molecule has 12 heavy (non-hydrogen) atoms. The third kappa shape index (κ3) is 0.922. The van der Waals surface area contributed by atoms with Crippen molar-refractivity contribution in [2.45, 2.75) is 0 Å². The van der Waals surface area contributed by atoms with Gasteiger partial charge in [-0.3, -0.25) is 4.98 Å². The van der Waals surface area contributed by atoms with Crippen LogP contribution in [0.15, 0.2) is 21.3 Å². The molecule has 0 unspecified atom stereocenters. The lowest BCUT2D eigenvalue weighted by Gasteiger charge is -1.91. The summed E-state index contributed by atoms with van der Waals surface area (Å²) in [6, 6.07) is 2.75. The maximum atomic E-state index is 13.0. The fraction of sp³-hybridized carbons (Fsp3) is 0. The van der Waals surface area contributed by atoms with Crippen molar-refractivity contribution in [2.24, 2.45) is 0 Å². The average Bonchev–Trinajstić information content (AvgIpc) is 2.29. The molecule has 0 saturated carbocycles. The summed E-state index contributed by atoms with van der Waals surface area (Å²) in [5, 5.41) is 0. The molecule has 2 rings (SSSR count). The number of nitrogens with one attached hydrogen (secondary N) is 1. The van der Waals surface area contributed by atoms with Crippen molar-refractivity contribution in [3.63, 3.8) is 0 Å². The molecule has 0 aliphatic heterocycles. The smallest absolute Gasteiger partial charge is 0.405 e. The molecule has 0 bridgehead atoms. The van der Waals surface area contributed by atoms with Crippen LogP contribution in [0.5, 0.6) is 0 Å². The standard InChI is InChI=1S/C8H5FNO2/c1-4-2-5(9)7-6(3-4)10-8(11)12-7/h2-3H,1H2,(H,10,11). The number of H-pyrrole nitrogens is 1. The van der Waals surface area contributed by atoms with Gasteiger partial charge in [0.2, 0.25) is 0 Å². The van der Waals surface area contributed by atoms with Crippen molar-refractivity contribution in [2.75, 3.05) is 0 Å². The summed E-state index contributed by atoms with van der Waals surface area (Å²) in [6.07, 6.45) is 0. The van der Waals surface area contributed by atoms with Gasteiger partial charge in [0.25, 0.3) is 0 Å². The Kier molecular flexibility index (Phi) is 1.30. The van der Waals surface area contributed by atoms with Gasteiger partial charge in [0.05, 0.1) is 5.52 Å². The summed E-state index contributed by atoms with van der Waals surface area (Å²) in [5.41, 5.74) is 0.787. The maximum absolute atomic E-state index is 13.0. The van der Waals surface area contributed by atoms with Crippen molar-refractivity contribution in [1.29, 1.82) is 0 Å². The zero-order valence-corrected chi connectivity index (χ0v) is 6.06. The molecule has 1 aromatic heterocycles. The van der Waals surface area contributed by atoms with Crippen molar-refractivity contribution < 1.29 is 8.81 Å². The SMILES string of the molecule is [CH2]c1cc(F)c2oc(=O)[nH]c2c1. The molecule has 0 saturated heterocycles. The van der Waals surface area contributed by atoms with Crippen LogP contribution in [0.1, 0.15) is 5.56 Å². The van der Waals surface area contributed by atoms with Gasteiger partial charge >= 0.3 is 5.76 Å². The zero-order valence-electron chi connectivity index (χ0n) is 6.06. The highest BCUT2D eigenvalue weighted by Gasteiger charge is 2.06. The Morgan fingerprint density at radius 1 is 1.50 bits per heavy atom. The summed E-state index contributed by atoms with van der Waals surface area (Å²) in [5.74, 6) is -1.23. The van der Waals surface area contributed by atoms with E-state index < -0.39 is 11.6 Å². The van der Waals surface area contributed by atoms with E-state index in [0.29, 0.717) is 11.1 Å². The summed E-state index contributed by atoms with van der Waals surface area (Å²) in [7, 11) is 0. The summed E-state index contributed by atoms with van der Waals surface area (Å²) in [6.45, 7) is 3.54. The van der Waals surface area contributed by atoms with E-state index >= 15 is 0 Å². The van der Waals surface area contributed by atoms with Gasteiger partial charge in [-0.25, -0.2) is 9.18 Å². The normalized spacial score (nSPS) is 10.8. The second kappa shape index (κ2) is 2.20. The molecule has 0 aliphatic rings. The van der Waals surface area contributed by atoms with E-state index in [9.17, 15) is 9.18 Å². The fourth-order valence-corrected chi connectivity index (χ4v) is 1.07. The summed E-state index contributed by atoms with van der Waals surface area (Å²) in [4.78, 5) is 13.0. The maximum Gasteiger partial charge on any atom is 0.417 e. The molecule has 0 fully saturated rings. The molecule has 0 spiro atoms. The minimum absolute atomic E-state index is 0.0487. The summed E-state index contributed by atoms with van der Waals surface area (Å²) < 4.78 is 17.5. The Morgan fingerprint density at radius 3 is 3.00 bits per heavy atom. The third-order valence-corrected chi connectivity index (χ3v) is 1.53. The topological polar surface area (TPSA) is 46.0 Å². The Balaban J connectivity index is 2.97. The Bertz CT molecular complexity index is 483. The molecular weight excluding hydrogens is 161 g/mol. The van der Waals surface area contributed by atoms with Crippen molar-refractivity contribution in [3.8, 4) is 0 Å². The van der Waals surface area contributed by atoms with E-state index in [-0.39, 0.29) is 5.58 Å². The van der Waals surface area contributed by atoms with E-state index in [1.165, 1.54) is 6.07 Å². The monoisotopic (exact) mass is 166 g/mol. The first kappa shape index (κ1) is 7.09. The number of fused-ring (bicyclic) bond motifs is 1. The van der Waals surface area contributed by atoms with Crippen LogP contribution in [0.4, 0.5) is 4.39 Å². The highest BCUT2D eigenvalue weighted by molar-refractivity contribution is 5.73. The number of oxazole rings is 1. The molecular formula is C8H5FNO2. The second-order valence-electron chi connectivity index (χ2n) is 2.47. The van der Waals surface area contributed by atoms with E-state index in [2.05, 4.69) is 16.3 Å². The number of aromatic nitrogens is 1. The number of rotatable bonds is 0. The zero-order chi connectivity index (χ0) is 8.72. The molecule has 1 radical (unpaired) electrons. The van der Waals surface area contributed by atoms with Crippen molar-refractivity contribution in [1.82, 2.24) is 4.98 Å². The second-order valence-corrected chi connectivity index (χ2v) is 2.47. The molecule has 0 atom stereocenters. The summed E-state index contributed by atoms with van der Waals surface area (Å²) >= 11 is 0. The van der Waals surface area contributed by atoms with Crippen LogP contribution in [-0.4, -0.2) is 4.98 Å². The van der Waals surface area contributed by atoms with E-state index in [1.54, 1.807) is 6.07 Å². The first-order valence-electron chi connectivity index (χ1n) is 3.31. The average molecular weight is 166 g/mol. The van der Waals surface area contributed by atoms with Gasteiger partial charge in [0.1, 0.15) is 0 Å². The number of aromatic amines is 1. The minimum atomic E-state index is -0.658. The lowest BCUT2D eigenvalue weighted by molar-refractivity contribution is 0.523. The first-order valence-corrected chi connectivity index (χ1v) is 3.31. The molecule has 1 heterocycles. The molecule has 61 valence electrons. The number of halogens is 1. The molecule has 2 aromatic rings. The van der Waals surface area contributed by atoms with Crippen LogP contribution < -0.4 is 5.76 Å². The highest BCUT2D eigenvalue weighted by Crippen LogP contribution is 2.15. The van der Waals surface area contributed by atoms with Crippen LogP contribution in [0.3, 0.4) is 0 Å². The Morgan fingerprint density at radius 2 is 2.25 bits per heavy atom. The van der Waals surface area contributed by atoms with Gasteiger partial charge in [0, 0.05) is 0 Å². The van der Waals surface area contributed by atoms with Crippen LogP contribution >= 0.6 is 0 Å². The van der Waals surface area contributed by atoms with E-state index in [0.717, 1.165) is 0 Å². The van der Waals surface area contributed by atoms with Gasteiger partial charge in [-0.2, -0.15) is 0 Å². The first-order chi connectivity index (χ1) is 5.66. The van der Waals surface area contributed by atoms with Gasteiger partial charge in [0.15, 0.2) is 11.4 Å². The van der Waals surface area contributed by atoms with Gasteiger partial charge in [-0.15, -0.1) is 0 Å². The van der Waals surface area contributed by atoms with Crippen LogP contribution in [0, 0.1) is 12.7 Å². The molecule has 1 aromatic carbocycles. The van der Waals surface area contributed by atoms with Crippen molar-refractivity contribution in [3.05, 3.63) is 41.0 Å². The molecule has 0 aliphatic carbocycles. The predicted molar refractivity (Wildman–Crippen MR) is 41.3 cm³/mol. The van der Waals surface area contributed by atoms with E-state index in [4.69, 9.17) is 0 Å². The molecule has 4 heteroatoms. The fourth-order valence-electron chi connectivity index (χ4n) is 1.07. The number of benzene rings is 1. The van der Waals surface area contributed by atoms with Gasteiger partial charge in [-0.1, -0.05) is 0 Å². The lowest BCUT2D eigenvalue weighted by Crippen LogP contribution is -1.92. The minimum Gasteiger partial charge on any atom is -0.405 e. The van der Waals surface area contributed by atoms with E-state index in [1.807, 2.05) is 0 Å². The largest absolute Gasteiger partial charge is 0.417 e. The van der Waals surface area contributed by atoms with Gasteiger partial charge in [-0.05, 0) is 24.6 Å². The third-order valence-electron chi connectivity index (χ3n) is 1.53. The number of hydrogen-bond donors (Lipinski definition) is 1. The Labute approximate surface area is 66.8 Å². The van der Waals surface area contributed by atoms with Crippen molar-refractivity contribution >= 4 is 11.1 Å². The molecule has 1 N–H and O–H groups in total. The Hall–Kier alpha value is -1.58. The highest BCUT2D eigenvalue weighted by atomic mass is 19.1. The quantitative estimate of drug-likeness (QED) is 0.643. The molecule has 3 nitrogen and oxygen atoms in total. The van der Waals surface area contributed by atoms with Crippen LogP contribution in [-0.2, 0) is 0 Å². The van der Waals surface area contributed by atoms with Crippen LogP contribution in [0.25, 0.3) is 11.1 Å². The lowest BCUT2D eigenvalue weighted by atomic mass is 10.2. The van der Waals surface area contributed by atoms with Gasteiger partial charge < -0.3 is 4.42 Å².